The highest BCUT2D eigenvalue weighted by atomic mass is 35.5. The van der Waals surface area contributed by atoms with Gasteiger partial charge >= 0.3 is 0 Å². The third-order valence-corrected chi connectivity index (χ3v) is 2.94. The summed E-state index contributed by atoms with van der Waals surface area (Å²) in [5.41, 5.74) is 2.49. The van der Waals surface area contributed by atoms with E-state index in [-0.39, 0.29) is 0 Å². The van der Waals surface area contributed by atoms with Gasteiger partial charge in [0.05, 0.1) is 12.4 Å². The molecule has 6 heteroatoms. The van der Waals surface area contributed by atoms with Crippen LogP contribution in [0.4, 0.5) is 0 Å². The number of fused-ring (bicyclic) bond motifs is 1. The van der Waals surface area contributed by atoms with Crippen molar-refractivity contribution in [3.63, 3.8) is 0 Å². The first-order chi connectivity index (χ1) is 8.78. The monoisotopic (exact) mass is 262 g/mol. The SMILES string of the molecule is Cc1cc(Cn2c(CCl)nc3cccnc32)no1. The zero-order valence-electron chi connectivity index (χ0n) is 9.80. The van der Waals surface area contributed by atoms with E-state index >= 15 is 0 Å². The van der Waals surface area contributed by atoms with Crippen LogP contribution in [0.25, 0.3) is 11.2 Å². The minimum absolute atomic E-state index is 0.340. The van der Waals surface area contributed by atoms with Gasteiger partial charge in [0.2, 0.25) is 0 Å². The molecule has 0 bridgehead atoms. The first kappa shape index (κ1) is 11.2. The molecule has 3 heterocycles. The number of halogens is 1. The number of aryl methyl sites for hydroxylation is 1. The second-order valence-electron chi connectivity index (χ2n) is 4.02. The molecular formula is C12H11ClN4O. The summed E-state index contributed by atoms with van der Waals surface area (Å²) in [6, 6.07) is 5.67. The Balaban J connectivity index is 2.09. The van der Waals surface area contributed by atoms with E-state index in [0.717, 1.165) is 28.4 Å². The largest absolute Gasteiger partial charge is 0.361 e. The van der Waals surface area contributed by atoms with Crippen molar-refractivity contribution in [1.82, 2.24) is 19.7 Å². The van der Waals surface area contributed by atoms with Crippen molar-refractivity contribution in [2.24, 2.45) is 0 Å². The summed E-state index contributed by atoms with van der Waals surface area (Å²) in [6.07, 6.45) is 1.74. The van der Waals surface area contributed by atoms with Crippen LogP contribution in [-0.4, -0.2) is 19.7 Å². The van der Waals surface area contributed by atoms with Crippen molar-refractivity contribution >= 4 is 22.8 Å². The van der Waals surface area contributed by atoms with E-state index in [0.29, 0.717) is 12.4 Å². The Bertz CT molecular complexity index is 688. The van der Waals surface area contributed by atoms with Crippen molar-refractivity contribution in [2.45, 2.75) is 19.3 Å². The van der Waals surface area contributed by atoms with Gasteiger partial charge in [0, 0.05) is 12.3 Å². The molecule has 0 N–H and O–H groups in total. The molecule has 0 radical (unpaired) electrons. The normalized spacial score (nSPS) is 11.2. The summed E-state index contributed by atoms with van der Waals surface area (Å²) < 4.78 is 7.02. The van der Waals surface area contributed by atoms with Crippen LogP contribution in [-0.2, 0) is 12.4 Å². The number of alkyl halides is 1. The number of rotatable bonds is 3. The third kappa shape index (κ3) is 1.86. The minimum atomic E-state index is 0.340. The van der Waals surface area contributed by atoms with E-state index in [1.807, 2.05) is 29.7 Å². The standard InChI is InChI=1S/C12H11ClN4O/c1-8-5-9(16-18-8)7-17-11(6-13)15-10-3-2-4-14-12(10)17/h2-5H,6-7H2,1H3. The number of pyridine rings is 1. The van der Waals surface area contributed by atoms with Crippen LogP contribution in [0.15, 0.2) is 28.9 Å². The molecule has 0 spiro atoms. The second-order valence-corrected chi connectivity index (χ2v) is 4.29. The van der Waals surface area contributed by atoms with Crippen LogP contribution >= 0.6 is 11.6 Å². The Labute approximate surface area is 108 Å². The average Bonchev–Trinajstić information content (AvgIpc) is 2.94. The van der Waals surface area contributed by atoms with Crippen LogP contribution < -0.4 is 0 Å². The Morgan fingerprint density at radius 2 is 2.33 bits per heavy atom. The van der Waals surface area contributed by atoms with Crippen molar-refractivity contribution in [2.75, 3.05) is 0 Å². The fourth-order valence-electron chi connectivity index (χ4n) is 1.93. The van der Waals surface area contributed by atoms with E-state index in [9.17, 15) is 0 Å². The van der Waals surface area contributed by atoms with Gasteiger partial charge in [0.15, 0.2) is 5.65 Å². The molecule has 0 amide bonds. The Morgan fingerprint density at radius 1 is 1.44 bits per heavy atom. The lowest BCUT2D eigenvalue weighted by Gasteiger charge is -2.03. The van der Waals surface area contributed by atoms with Crippen molar-refractivity contribution in [3.8, 4) is 0 Å². The van der Waals surface area contributed by atoms with Crippen LogP contribution in [0.1, 0.15) is 17.3 Å². The molecule has 0 aromatic carbocycles. The van der Waals surface area contributed by atoms with Crippen LogP contribution in [0.2, 0.25) is 0 Å². The van der Waals surface area contributed by atoms with Crippen molar-refractivity contribution in [3.05, 3.63) is 41.7 Å². The van der Waals surface area contributed by atoms with Gasteiger partial charge in [0.25, 0.3) is 0 Å². The zero-order chi connectivity index (χ0) is 12.5. The number of hydrogen-bond donors (Lipinski definition) is 0. The topological polar surface area (TPSA) is 56.7 Å². The highest BCUT2D eigenvalue weighted by molar-refractivity contribution is 6.16. The molecule has 18 heavy (non-hydrogen) atoms. The van der Waals surface area contributed by atoms with Gasteiger partial charge in [-0.2, -0.15) is 0 Å². The molecule has 0 unspecified atom stereocenters. The second kappa shape index (κ2) is 4.42. The number of hydrogen-bond acceptors (Lipinski definition) is 4. The maximum absolute atomic E-state index is 5.92. The summed E-state index contributed by atoms with van der Waals surface area (Å²) in [5, 5.41) is 3.98. The van der Waals surface area contributed by atoms with E-state index in [2.05, 4.69) is 15.1 Å². The van der Waals surface area contributed by atoms with Crippen LogP contribution in [0, 0.1) is 6.92 Å². The molecule has 0 fully saturated rings. The fourth-order valence-corrected chi connectivity index (χ4v) is 2.13. The Hall–Kier alpha value is -1.88. The minimum Gasteiger partial charge on any atom is -0.361 e. The van der Waals surface area contributed by atoms with E-state index in [4.69, 9.17) is 16.1 Å². The predicted molar refractivity (Wildman–Crippen MR) is 67.4 cm³/mol. The smallest absolute Gasteiger partial charge is 0.160 e. The number of aromatic nitrogens is 4. The van der Waals surface area contributed by atoms with Crippen molar-refractivity contribution in [1.29, 1.82) is 0 Å². The summed E-state index contributed by atoms with van der Waals surface area (Å²) in [5.74, 6) is 1.91. The Kier molecular flexibility index (Phi) is 2.76. The maximum atomic E-state index is 5.92. The molecule has 5 nitrogen and oxygen atoms in total. The van der Waals surface area contributed by atoms with E-state index in [1.165, 1.54) is 0 Å². The Morgan fingerprint density at radius 3 is 3.06 bits per heavy atom. The highest BCUT2D eigenvalue weighted by Crippen LogP contribution is 2.17. The molecular weight excluding hydrogens is 252 g/mol. The quantitative estimate of drug-likeness (QED) is 0.681. The maximum Gasteiger partial charge on any atom is 0.160 e. The van der Waals surface area contributed by atoms with Gasteiger partial charge < -0.3 is 9.09 Å². The van der Waals surface area contributed by atoms with Gasteiger partial charge in [-0.3, -0.25) is 0 Å². The van der Waals surface area contributed by atoms with Crippen LogP contribution in [0.3, 0.4) is 0 Å². The molecule has 0 aliphatic rings. The molecule has 0 saturated heterocycles. The molecule has 92 valence electrons. The first-order valence-corrected chi connectivity index (χ1v) is 6.09. The lowest BCUT2D eigenvalue weighted by atomic mass is 10.3. The molecule has 0 atom stereocenters. The van der Waals surface area contributed by atoms with E-state index < -0.39 is 0 Å². The molecule has 0 aliphatic carbocycles. The van der Waals surface area contributed by atoms with Gasteiger partial charge in [-0.25, -0.2) is 9.97 Å². The van der Waals surface area contributed by atoms with Gasteiger partial charge in [-0.05, 0) is 19.1 Å². The lowest BCUT2D eigenvalue weighted by molar-refractivity contribution is 0.389. The van der Waals surface area contributed by atoms with Crippen molar-refractivity contribution < 1.29 is 4.52 Å². The number of nitrogens with zero attached hydrogens (tertiary/aromatic N) is 4. The first-order valence-electron chi connectivity index (χ1n) is 5.56. The van der Waals surface area contributed by atoms with Gasteiger partial charge in [-0.1, -0.05) is 5.16 Å². The number of imidazole rings is 1. The lowest BCUT2D eigenvalue weighted by Crippen LogP contribution is -2.04. The average molecular weight is 263 g/mol. The summed E-state index contributed by atoms with van der Waals surface area (Å²) in [6.45, 7) is 2.43. The summed E-state index contributed by atoms with van der Waals surface area (Å²) >= 11 is 5.92. The summed E-state index contributed by atoms with van der Waals surface area (Å²) in [7, 11) is 0. The molecule has 3 rings (SSSR count). The third-order valence-electron chi connectivity index (χ3n) is 2.70. The molecule has 0 saturated carbocycles. The molecule has 0 aliphatic heterocycles. The fraction of sp³-hybridized carbons (Fsp3) is 0.250. The zero-order valence-corrected chi connectivity index (χ0v) is 10.6. The predicted octanol–water partition coefficient (Wildman–Crippen LogP) is 2.51. The highest BCUT2D eigenvalue weighted by Gasteiger charge is 2.12. The van der Waals surface area contributed by atoms with Gasteiger partial charge in [-0.15, -0.1) is 11.6 Å². The molecule has 3 aromatic rings. The van der Waals surface area contributed by atoms with Crippen LogP contribution in [0.5, 0.6) is 0 Å². The van der Waals surface area contributed by atoms with Gasteiger partial charge in [0.1, 0.15) is 22.8 Å². The molecule has 3 aromatic heterocycles. The van der Waals surface area contributed by atoms with E-state index in [1.54, 1.807) is 6.20 Å². The summed E-state index contributed by atoms with van der Waals surface area (Å²) in [4.78, 5) is 8.78.